The Balaban J connectivity index is 1.93. The maximum Gasteiger partial charge on any atom is 0.291 e. The number of hydrogen-bond acceptors (Lipinski definition) is 4. The molecule has 3 rings (SSSR count). The van der Waals surface area contributed by atoms with E-state index in [-0.39, 0.29) is 11.2 Å². The molecule has 0 spiro atoms. The number of fused-ring (bicyclic) bond motifs is 1. The van der Waals surface area contributed by atoms with E-state index in [1.807, 2.05) is 0 Å². The normalized spacial score (nSPS) is 10.6. The predicted octanol–water partition coefficient (Wildman–Crippen LogP) is 4.47. The van der Waals surface area contributed by atoms with Gasteiger partial charge < -0.3 is 14.5 Å². The van der Waals surface area contributed by atoms with Gasteiger partial charge in [-0.2, -0.15) is 0 Å². The van der Waals surface area contributed by atoms with Crippen molar-refractivity contribution in [1.82, 2.24) is 0 Å². The molecule has 0 saturated heterocycles. The first kappa shape index (κ1) is 16.5. The Labute approximate surface area is 150 Å². The molecule has 1 aromatic heterocycles. The van der Waals surface area contributed by atoms with Gasteiger partial charge in [-0.25, -0.2) is 0 Å². The van der Waals surface area contributed by atoms with E-state index in [9.17, 15) is 9.59 Å². The second-order valence-electron chi connectivity index (χ2n) is 4.92. The number of anilines is 1. The zero-order valence-corrected chi connectivity index (χ0v) is 14.8. The minimum atomic E-state index is -0.543. The van der Waals surface area contributed by atoms with Crippen molar-refractivity contribution in [3.8, 4) is 5.75 Å². The number of carbonyl (C=O) groups is 1. The van der Waals surface area contributed by atoms with Crippen LogP contribution in [0.1, 0.15) is 10.6 Å². The Morgan fingerprint density at radius 3 is 2.71 bits per heavy atom. The molecular weight excluding hydrogens is 398 g/mol. The van der Waals surface area contributed by atoms with Crippen molar-refractivity contribution in [2.75, 3.05) is 12.4 Å². The molecule has 122 valence electrons. The van der Waals surface area contributed by atoms with Crippen LogP contribution < -0.4 is 15.5 Å². The summed E-state index contributed by atoms with van der Waals surface area (Å²) in [6, 6.07) is 11.0. The van der Waals surface area contributed by atoms with Gasteiger partial charge in [0.1, 0.15) is 11.3 Å². The molecule has 1 N–H and O–H groups in total. The van der Waals surface area contributed by atoms with Crippen molar-refractivity contribution >= 4 is 50.1 Å². The van der Waals surface area contributed by atoms with E-state index in [0.717, 1.165) is 10.5 Å². The summed E-state index contributed by atoms with van der Waals surface area (Å²) in [6.45, 7) is 0. The molecule has 24 heavy (non-hydrogen) atoms. The predicted molar refractivity (Wildman–Crippen MR) is 96.1 cm³/mol. The maximum absolute atomic E-state index is 12.3. The topological polar surface area (TPSA) is 68.5 Å². The van der Waals surface area contributed by atoms with Crippen LogP contribution in [0.2, 0.25) is 5.02 Å². The van der Waals surface area contributed by atoms with Gasteiger partial charge in [0.05, 0.1) is 17.5 Å². The zero-order chi connectivity index (χ0) is 17.3. The summed E-state index contributed by atoms with van der Waals surface area (Å²) in [5.74, 6) is -0.127. The zero-order valence-electron chi connectivity index (χ0n) is 12.4. The van der Waals surface area contributed by atoms with E-state index in [2.05, 4.69) is 21.2 Å². The highest BCUT2D eigenvalue weighted by atomic mass is 79.9. The molecule has 7 heteroatoms. The van der Waals surface area contributed by atoms with Gasteiger partial charge in [-0.05, 0) is 36.4 Å². The van der Waals surface area contributed by atoms with Crippen LogP contribution in [-0.4, -0.2) is 13.0 Å². The molecule has 1 amide bonds. The van der Waals surface area contributed by atoms with E-state index >= 15 is 0 Å². The Morgan fingerprint density at radius 2 is 2.00 bits per heavy atom. The highest BCUT2D eigenvalue weighted by molar-refractivity contribution is 9.10. The Morgan fingerprint density at radius 1 is 1.21 bits per heavy atom. The van der Waals surface area contributed by atoms with Crippen LogP contribution >= 0.6 is 27.5 Å². The van der Waals surface area contributed by atoms with E-state index in [1.54, 1.807) is 36.4 Å². The van der Waals surface area contributed by atoms with Crippen molar-refractivity contribution < 1.29 is 13.9 Å². The Hall–Kier alpha value is -2.31. The minimum absolute atomic E-state index is 0.0817. The van der Waals surface area contributed by atoms with Gasteiger partial charge in [-0.15, -0.1) is 0 Å². The fourth-order valence-corrected chi connectivity index (χ4v) is 2.80. The number of methoxy groups -OCH3 is 1. The number of rotatable bonds is 3. The number of amides is 1. The molecular formula is C17H11BrClNO4. The largest absolute Gasteiger partial charge is 0.495 e. The quantitative estimate of drug-likeness (QED) is 0.694. The molecule has 1 heterocycles. The molecule has 0 radical (unpaired) electrons. The molecule has 2 aromatic carbocycles. The number of hydrogen-bond donors (Lipinski definition) is 1. The van der Waals surface area contributed by atoms with Crippen LogP contribution in [0, 0.1) is 0 Å². The first-order valence-corrected chi connectivity index (χ1v) is 8.03. The lowest BCUT2D eigenvalue weighted by Crippen LogP contribution is -2.15. The van der Waals surface area contributed by atoms with Gasteiger partial charge in [0.2, 0.25) is 0 Å². The van der Waals surface area contributed by atoms with Crippen molar-refractivity contribution in [1.29, 1.82) is 0 Å². The van der Waals surface area contributed by atoms with Crippen LogP contribution in [-0.2, 0) is 0 Å². The standard InChI is InChI=1S/C17H11BrClNO4/c1-23-15-5-3-10(7-12(15)19)20-17(22)16-8-13(21)11-6-9(18)2-4-14(11)24-16/h2-8H,1H3,(H,20,22). The number of benzene rings is 2. The molecule has 0 aliphatic rings. The number of ether oxygens (including phenoxy) is 1. The molecule has 0 atom stereocenters. The second kappa shape index (κ2) is 6.67. The number of nitrogens with one attached hydrogen (secondary N) is 1. The van der Waals surface area contributed by atoms with Crippen molar-refractivity contribution in [2.24, 2.45) is 0 Å². The number of halogens is 2. The summed E-state index contributed by atoms with van der Waals surface area (Å²) < 4.78 is 11.3. The van der Waals surface area contributed by atoms with E-state index in [1.165, 1.54) is 7.11 Å². The SMILES string of the molecule is COc1ccc(NC(=O)c2cc(=O)c3cc(Br)ccc3o2)cc1Cl. The van der Waals surface area contributed by atoms with Crippen LogP contribution in [0.4, 0.5) is 5.69 Å². The summed E-state index contributed by atoms with van der Waals surface area (Å²) in [5.41, 5.74) is 0.503. The van der Waals surface area contributed by atoms with Crippen LogP contribution in [0.25, 0.3) is 11.0 Å². The molecule has 0 aliphatic heterocycles. The average Bonchev–Trinajstić information content (AvgIpc) is 2.55. The fourth-order valence-electron chi connectivity index (χ4n) is 2.18. The summed E-state index contributed by atoms with van der Waals surface area (Å²) in [4.78, 5) is 24.5. The van der Waals surface area contributed by atoms with Crippen molar-refractivity contribution in [2.45, 2.75) is 0 Å². The molecule has 0 aliphatic carbocycles. The average molecular weight is 409 g/mol. The lowest BCUT2D eigenvalue weighted by Gasteiger charge is -2.08. The second-order valence-corrected chi connectivity index (χ2v) is 6.24. The monoisotopic (exact) mass is 407 g/mol. The van der Waals surface area contributed by atoms with Gasteiger partial charge in [0, 0.05) is 16.2 Å². The van der Waals surface area contributed by atoms with Gasteiger partial charge in [-0.3, -0.25) is 9.59 Å². The Bertz CT molecular complexity index is 1000. The summed E-state index contributed by atoms with van der Waals surface area (Å²) in [7, 11) is 1.50. The van der Waals surface area contributed by atoms with E-state index in [0.29, 0.717) is 27.4 Å². The summed E-state index contributed by atoms with van der Waals surface area (Å²) in [6.07, 6.45) is 0. The highest BCUT2D eigenvalue weighted by Crippen LogP contribution is 2.27. The van der Waals surface area contributed by atoms with Crippen molar-refractivity contribution in [3.05, 3.63) is 67.9 Å². The van der Waals surface area contributed by atoms with E-state index in [4.69, 9.17) is 20.8 Å². The molecule has 0 bridgehead atoms. The smallest absolute Gasteiger partial charge is 0.291 e. The lowest BCUT2D eigenvalue weighted by molar-refractivity contribution is 0.0997. The third-order valence-corrected chi connectivity index (χ3v) is 4.11. The van der Waals surface area contributed by atoms with Gasteiger partial charge in [0.15, 0.2) is 11.2 Å². The summed E-state index contributed by atoms with van der Waals surface area (Å²) >= 11 is 9.32. The van der Waals surface area contributed by atoms with Crippen LogP contribution in [0.5, 0.6) is 5.75 Å². The third-order valence-electron chi connectivity index (χ3n) is 3.32. The van der Waals surface area contributed by atoms with Crippen LogP contribution in [0.15, 0.2) is 56.1 Å². The van der Waals surface area contributed by atoms with Crippen LogP contribution in [0.3, 0.4) is 0 Å². The maximum atomic E-state index is 12.3. The first-order chi connectivity index (χ1) is 11.5. The fraction of sp³-hybridized carbons (Fsp3) is 0.0588. The molecule has 0 saturated carbocycles. The lowest BCUT2D eigenvalue weighted by atomic mass is 10.2. The van der Waals surface area contributed by atoms with Gasteiger partial charge >= 0.3 is 0 Å². The number of carbonyl (C=O) groups excluding carboxylic acids is 1. The van der Waals surface area contributed by atoms with Crippen molar-refractivity contribution in [3.63, 3.8) is 0 Å². The third kappa shape index (κ3) is 3.29. The summed E-state index contributed by atoms with van der Waals surface area (Å²) in [5, 5.41) is 3.39. The van der Waals surface area contributed by atoms with Gasteiger partial charge in [-0.1, -0.05) is 27.5 Å². The first-order valence-electron chi connectivity index (χ1n) is 6.86. The molecule has 5 nitrogen and oxygen atoms in total. The molecule has 0 unspecified atom stereocenters. The molecule has 0 fully saturated rings. The minimum Gasteiger partial charge on any atom is -0.495 e. The Kier molecular flexibility index (Phi) is 4.59. The van der Waals surface area contributed by atoms with Gasteiger partial charge in [0.25, 0.3) is 5.91 Å². The molecule has 3 aromatic rings. The van der Waals surface area contributed by atoms with E-state index < -0.39 is 5.91 Å². The highest BCUT2D eigenvalue weighted by Gasteiger charge is 2.13.